The van der Waals surface area contributed by atoms with Crippen molar-refractivity contribution in [3.8, 4) is 5.75 Å². The first-order valence-corrected chi connectivity index (χ1v) is 18.6. The molecule has 0 spiro atoms. The number of rotatable bonds is 1. The van der Waals surface area contributed by atoms with Gasteiger partial charge in [0.15, 0.2) is 0 Å². The van der Waals surface area contributed by atoms with Crippen LogP contribution in [0, 0.1) is 5.92 Å². The molecule has 1 heteroatoms. The first-order valence-electron chi connectivity index (χ1n) is 18.6. The fourth-order valence-electron chi connectivity index (χ4n) is 5.25. The minimum atomic E-state index is 0. The van der Waals surface area contributed by atoms with Crippen LogP contribution in [0.4, 0.5) is 0 Å². The smallest absolute Gasteiger partial charge is 0.122 e. The summed E-state index contributed by atoms with van der Waals surface area (Å²) >= 11 is 0. The molecule has 1 unspecified atom stereocenters. The van der Waals surface area contributed by atoms with Crippen molar-refractivity contribution in [3.05, 3.63) is 101 Å². The van der Waals surface area contributed by atoms with Crippen LogP contribution in [0.3, 0.4) is 0 Å². The molecule has 0 bridgehead atoms. The van der Waals surface area contributed by atoms with E-state index in [1.165, 1.54) is 50.5 Å². The summed E-state index contributed by atoms with van der Waals surface area (Å²) in [4.78, 5) is 0. The van der Waals surface area contributed by atoms with Gasteiger partial charge in [-0.3, -0.25) is 0 Å². The van der Waals surface area contributed by atoms with Crippen LogP contribution < -0.4 is 4.74 Å². The third kappa shape index (κ3) is 20.6. The number of para-hydroxylation sites is 1. The molecule has 268 valence electrons. The van der Waals surface area contributed by atoms with Crippen molar-refractivity contribution in [1.29, 1.82) is 0 Å². The number of ether oxygens (including phenoxy) is 1. The molecular weight excluding hydrogens is 556 g/mol. The fourth-order valence-corrected chi connectivity index (χ4v) is 5.25. The Morgan fingerprint density at radius 3 is 1.33 bits per heavy atom. The van der Waals surface area contributed by atoms with Gasteiger partial charge >= 0.3 is 0 Å². The molecule has 0 aromatic heterocycles. The van der Waals surface area contributed by atoms with E-state index in [0.29, 0.717) is 0 Å². The lowest BCUT2D eigenvalue weighted by molar-refractivity contribution is 0.288. The molecule has 0 N–H and O–H groups in total. The topological polar surface area (TPSA) is 9.23 Å². The molecule has 2 aliphatic carbocycles. The average molecular weight is 639 g/mol. The molecule has 0 saturated carbocycles. The van der Waals surface area contributed by atoms with Crippen molar-refractivity contribution in [2.24, 2.45) is 5.92 Å². The Kier molecular flexibility index (Phi) is 44.5. The Morgan fingerprint density at radius 1 is 0.478 bits per heavy atom. The summed E-state index contributed by atoms with van der Waals surface area (Å²) in [6.07, 6.45) is 10.4. The van der Waals surface area contributed by atoms with E-state index in [-0.39, 0.29) is 14.9 Å². The molecule has 0 saturated heterocycles. The van der Waals surface area contributed by atoms with Crippen molar-refractivity contribution in [2.45, 2.75) is 169 Å². The van der Waals surface area contributed by atoms with Gasteiger partial charge in [0.25, 0.3) is 0 Å². The zero-order chi connectivity index (χ0) is 34.2. The maximum atomic E-state index is 5.42. The highest BCUT2D eigenvalue weighted by Crippen LogP contribution is 2.37. The predicted molar refractivity (Wildman–Crippen MR) is 217 cm³/mol. The van der Waals surface area contributed by atoms with Gasteiger partial charge in [-0.2, -0.15) is 0 Å². The second-order valence-corrected chi connectivity index (χ2v) is 9.62. The van der Waals surface area contributed by atoms with Gasteiger partial charge in [-0.25, -0.2) is 0 Å². The number of hydrogen-bond acceptors (Lipinski definition) is 1. The first-order chi connectivity index (χ1) is 21.7. The van der Waals surface area contributed by atoms with Gasteiger partial charge in [0.1, 0.15) is 5.75 Å². The summed E-state index contributed by atoms with van der Waals surface area (Å²) in [6.45, 7) is 29.5. The molecule has 1 heterocycles. The molecule has 1 nitrogen and oxygen atoms in total. The Hall–Kier alpha value is -2.54. The fraction of sp³-hybridized carbons (Fsp3) is 0.600. The number of benzene rings is 3. The normalized spacial score (nSPS) is 13.3. The molecule has 3 aromatic carbocycles. The van der Waals surface area contributed by atoms with Gasteiger partial charge in [-0.15, -0.1) is 0 Å². The molecule has 0 fully saturated rings. The minimum Gasteiger partial charge on any atom is -0.493 e. The van der Waals surface area contributed by atoms with E-state index >= 15 is 0 Å². The number of hydrogen-bond donors (Lipinski definition) is 0. The molecule has 1 atom stereocenters. The molecule has 1 aliphatic heterocycles. The van der Waals surface area contributed by atoms with Gasteiger partial charge < -0.3 is 4.74 Å². The Labute approximate surface area is 292 Å². The van der Waals surface area contributed by atoms with Crippen LogP contribution in [0.2, 0.25) is 0 Å². The quantitative estimate of drug-likeness (QED) is 0.258. The monoisotopic (exact) mass is 639 g/mol. The van der Waals surface area contributed by atoms with E-state index in [9.17, 15) is 0 Å². The third-order valence-corrected chi connectivity index (χ3v) is 7.07. The lowest BCUT2D eigenvalue weighted by atomic mass is 9.90. The average Bonchev–Trinajstić information content (AvgIpc) is 3.59. The van der Waals surface area contributed by atoms with Gasteiger partial charge in [-0.1, -0.05) is 179 Å². The number of fused-ring (bicyclic) bond motifs is 3. The highest BCUT2D eigenvalue weighted by atomic mass is 16.5. The van der Waals surface area contributed by atoms with E-state index in [1.807, 2.05) is 95.2 Å². The van der Waals surface area contributed by atoms with Gasteiger partial charge in [-0.05, 0) is 97.1 Å². The van der Waals surface area contributed by atoms with Gasteiger partial charge in [0.2, 0.25) is 0 Å². The maximum absolute atomic E-state index is 5.42. The van der Waals surface area contributed by atoms with Crippen LogP contribution in [-0.4, -0.2) is 6.61 Å². The summed E-state index contributed by atoms with van der Waals surface area (Å²) in [5, 5.41) is 0. The van der Waals surface area contributed by atoms with Crippen LogP contribution in [-0.2, 0) is 25.7 Å². The number of aryl methyl sites for hydroxylation is 4. The highest BCUT2D eigenvalue weighted by Gasteiger charge is 2.23. The van der Waals surface area contributed by atoms with Crippen molar-refractivity contribution in [3.63, 3.8) is 0 Å². The molecule has 3 aromatic rings. The van der Waals surface area contributed by atoms with E-state index in [1.54, 1.807) is 22.3 Å². The molecule has 0 radical (unpaired) electrons. The largest absolute Gasteiger partial charge is 0.493 e. The Balaban J connectivity index is -0.000000154. The lowest BCUT2D eigenvalue weighted by Crippen LogP contribution is -2.07. The molecular formula is C45H82O. The van der Waals surface area contributed by atoms with Crippen molar-refractivity contribution >= 4 is 0 Å². The second-order valence-electron chi connectivity index (χ2n) is 9.62. The summed E-state index contributed by atoms with van der Waals surface area (Å²) in [5.41, 5.74) is 7.69. The SMILES string of the molecule is C.C.CC.CC.CC.CC.CC.CC.CC(C)C1CCc2ccccc21.c1ccc2c(c1)CCCC2.c1ccc2c(c1)CCCO2. The van der Waals surface area contributed by atoms with E-state index in [2.05, 4.69) is 74.5 Å². The van der Waals surface area contributed by atoms with Gasteiger partial charge in [0, 0.05) is 0 Å². The lowest BCUT2D eigenvalue weighted by Gasteiger charge is -2.15. The summed E-state index contributed by atoms with van der Waals surface area (Å²) in [7, 11) is 0. The van der Waals surface area contributed by atoms with Crippen LogP contribution in [0.5, 0.6) is 5.75 Å². The Morgan fingerprint density at radius 2 is 0.870 bits per heavy atom. The molecule has 3 aliphatic rings. The zero-order valence-electron chi connectivity index (χ0n) is 31.9. The third-order valence-electron chi connectivity index (χ3n) is 7.07. The van der Waals surface area contributed by atoms with Crippen LogP contribution >= 0.6 is 0 Å². The molecule has 0 amide bonds. The minimum absolute atomic E-state index is 0. The van der Waals surface area contributed by atoms with Crippen molar-refractivity contribution in [2.75, 3.05) is 6.61 Å². The zero-order valence-corrected chi connectivity index (χ0v) is 31.9. The first kappa shape index (κ1) is 53.0. The summed E-state index contributed by atoms with van der Waals surface area (Å²) in [6, 6.07) is 25.9. The van der Waals surface area contributed by atoms with Crippen molar-refractivity contribution < 1.29 is 4.74 Å². The molecule has 46 heavy (non-hydrogen) atoms. The highest BCUT2D eigenvalue weighted by molar-refractivity contribution is 5.35. The van der Waals surface area contributed by atoms with E-state index in [4.69, 9.17) is 4.74 Å². The predicted octanol–water partition coefficient (Wildman–Crippen LogP) is 15.4. The van der Waals surface area contributed by atoms with Crippen LogP contribution in [0.15, 0.2) is 72.8 Å². The van der Waals surface area contributed by atoms with Crippen LogP contribution in [0.25, 0.3) is 0 Å². The summed E-state index contributed by atoms with van der Waals surface area (Å²) < 4.78 is 5.42. The Bertz CT molecular complexity index is 886. The second kappa shape index (κ2) is 38.6. The van der Waals surface area contributed by atoms with Crippen LogP contribution in [0.1, 0.15) is 171 Å². The van der Waals surface area contributed by atoms with E-state index < -0.39 is 0 Å². The van der Waals surface area contributed by atoms with Crippen molar-refractivity contribution in [1.82, 2.24) is 0 Å². The van der Waals surface area contributed by atoms with Gasteiger partial charge in [0.05, 0.1) is 6.61 Å². The molecule has 6 rings (SSSR count). The summed E-state index contributed by atoms with van der Waals surface area (Å²) in [5.74, 6) is 2.70. The standard InChI is InChI=1S/C12H16.C10H12.C9H10O.6C2H6.2CH4/c1-9(2)11-8-7-10-5-3-4-6-12(10)11;1-2-6-10-8-4-3-7-9(10)5-1;1-2-6-9-8(4-1)5-3-7-10-9;6*1-2;;/h3-6,9,11H,7-8H2,1-2H3;1-2,5-6H,3-4,7-8H2;1-2,4,6H,3,5,7H2;6*1-2H3;2*1H4. The maximum Gasteiger partial charge on any atom is 0.122 e. The van der Waals surface area contributed by atoms with E-state index in [0.717, 1.165) is 30.6 Å².